The standard InChI is InChI=1S/C28H30ClN2O5P/c1-4-35-37(34)36-26-10-7-15-31(25-14-11-20(29)17-24(25)26)28(33)23-13-12-21(16-19(23)3)30-27(32)22-9-6-5-8-18(22)2/h5-6,8-9,11-14,16-17,26,37H,4,7,10,15H2,1-3H3,(H,30,32). The molecule has 0 radical (unpaired) electrons. The van der Waals surface area contributed by atoms with E-state index in [1.807, 2.05) is 32.0 Å². The van der Waals surface area contributed by atoms with Crippen LogP contribution in [-0.4, -0.2) is 25.0 Å². The molecule has 0 spiro atoms. The van der Waals surface area contributed by atoms with Gasteiger partial charge in [0.05, 0.1) is 12.7 Å². The lowest BCUT2D eigenvalue weighted by molar-refractivity contribution is 0.0985. The molecule has 0 fully saturated rings. The monoisotopic (exact) mass is 540 g/mol. The number of carbonyl (C=O) groups is 2. The molecule has 0 saturated carbocycles. The molecule has 0 bridgehead atoms. The summed E-state index contributed by atoms with van der Waals surface area (Å²) in [4.78, 5) is 28.2. The predicted octanol–water partition coefficient (Wildman–Crippen LogP) is 7.13. The highest BCUT2D eigenvalue weighted by Crippen LogP contribution is 2.43. The predicted molar refractivity (Wildman–Crippen MR) is 147 cm³/mol. The summed E-state index contributed by atoms with van der Waals surface area (Å²) >= 11 is 6.28. The minimum atomic E-state index is -2.67. The fourth-order valence-electron chi connectivity index (χ4n) is 4.49. The first-order valence-electron chi connectivity index (χ1n) is 12.2. The van der Waals surface area contributed by atoms with E-state index in [1.165, 1.54) is 0 Å². The number of rotatable bonds is 7. The summed E-state index contributed by atoms with van der Waals surface area (Å²) in [7, 11) is -2.67. The zero-order valence-electron chi connectivity index (χ0n) is 21.0. The van der Waals surface area contributed by atoms with Crippen molar-refractivity contribution in [3.8, 4) is 0 Å². The summed E-state index contributed by atoms with van der Waals surface area (Å²) in [5.74, 6) is -0.372. The van der Waals surface area contributed by atoms with E-state index >= 15 is 0 Å². The zero-order chi connectivity index (χ0) is 26.5. The van der Waals surface area contributed by atoms with Gasteiger partial charge in [0.25, 0.3) is 11.8 Å². The fraction of sp³-hybridized carbons (Fsp3) is 0.286. The number of hydrogen-bond donors (Lipinski definition) is 1. The molecular formula is C28H30ClN2O5P. The highest BCUT2D eigenvalue weighted by Gasteiger charge is 2.29. The molecule has 2 atom stereocenters. The van der Waals surface area contributed by atoms with Gasteiger partial charge < -0.3 is 19.3 Å². The van der Waals surface area contributed by atoms with Gasteiger partial charge in [0.1, 0.15) is 0 Å². The number of anilines is 2. The fourth-order valence-corrected chi connectivity index (χ4v) is 5.46. The van der Waals surface area contributed by atoms with E-state index in [1.54, 1.807) is 54.3 Å². The number of aryl methyl sites for hydroxylation is 2. The quantitative estimate of drug-likeness (QED) is 0.322. The lowest BCUT2D eigenvalue weighted by atomic mass is 10.0. The Morgan fingerprint density at radius 3 is 2.57 bits per heavy atom. The molecule has 37 heavy (non-hydrogen) atoms. The maximum absolute atomic E-state index is 13.7. The smallest absolute Gasteiger partial charge is 0.319 e. The van der Waals surface area contributed by atoms with Crippen molar-refractivity contribution in [2.45, 2.75) is 39.7 Å². The van der Waals surface area contributed by atoms with Crippen LogP contribution in [0, 0.1) is 13.8 Å². The van der Waals surface area contributed by atoms with Crippen molar-refractivity contribution in [1.82, 2.24) is 0 Å². The highest BCUT2D eigenvalue weighted by atomic mass is 35.5. The molecule has 4 rings (SSSR count). The van der Waals surface area contributed by atoms with Crippen LogP contribution in [0.15, 0.2) is 60.7 Å². The first-order valence-corrected chi connectivity index (χ1v) is 13.8. The van der Waals surface area contributed by atoms with E-state index < -0.39 is 14.4 Å². The van der Waals surface area contributed by atoms with Crippen molar-refractivity contribution in [1.29, 1.82) is 0 Å². The minimum Gasteiger partial charge on any atom is -0.322 e. The second-order valence-corrected chi connectivity index (χ2v) is 10.4. The summed E-state index contributed by atoms with van der Waals surface area (Å²) in [6.07, 6.45) is 0.724. The van der Waals surface area contributed by atoms with Gasteiger partial charge in [-0.3, -0.25) is 14.2 Å². The van der Waals surface area contributed by atoms with Crippen LogP contribution in [0.25, 0.3) is 0 Å². The normalized spacial score (nSPS) is 16.0. The van der Waals surface area contributed by atoms with E-state index in [0.29, 0.717) is 52.5 Å². The number of carbonyl (C=O) groups excluding carboxylic acids is 2. The number of nitrogens with one attached hydrogen (secondary N) is 1. The van der Waals surface area contributed by atoms with Gasteiger partial charge in [-0.05, 0) is 87.2 Å². The third-order valence-electron chi connectivity index (χ3n) is 6.33. The van der Waals surface area contributed by atoms with Crippen molar-refractivity contribution in [2.24, 2.45) is 0 Å². The Morgan fingerprint density at radius 1 is 1.05 bits per heavy atom. The van der Waals surface area contributed by atoms with Crippen molar-refractivity contribution in [3.05, 3.63) is 93.5 Å². The van der Waals surface area contributed by atoms with E-state index in [2.05, 4.69) is 5.32 Å². The molecule has 2 unspecified atom stereocenters. The van der Waals surface area contributed by atoms with Crippen LogP contribution < -0.4 is 10.2 Å². The van der Waals surface area contributed by atoms with Crippen molar-refractivity contribution in [3.63, 3.8) is 0 Å². The molecule has 1 heterocycles. The molecular weight excluding hydrogens is 511 g/mol. The molecule has 1 N–H and O–H groups in total. The van der Waals surface area contributed by atoms with Gasteiger partial charge >= 0.3 is 8.25 Å². The average molecular weight is 541 g/mol. The van der Waals surface area contributed by atoms with Crippen molar-refractivity contribution < 1.29 is 23.2 Å². The Morgan fingerprint density at radius 2 is 1.84 bits per heavy atom. The Hall–Kier alpha value is -2.96. The molecule has 3 aromatic rings. The van der Waals surface area contributed by atoms with Crippen LogP contribution in [0.5, 0.6) is 0 Å². The van der Waals surface area contributed by atoms with Gasteiger partial charge in [-0.2, -0.15) is 0 Å². The van der Waals surface area contributed by atoms with Crippen LogP contribution in [-0.2, 0) is 13.6 Å². The van der Waals surface area contributed by atoms with Crippen LogP contribution in [0.1, 0.15) is 63.3 Å². The summed E-state index contributed by atoms with van der Waals surface area (Å²) in [6, 6.07) is 17.9. The first kappa shape index (κ1) is 27.1. The van der Waals surface area contributed by atoms with Gasteiger partial charge in [-0.1, -0.05) is 29.8 Å². The molecule has 0 aromatic heterocycles. The number of amides is 2. The molecule has 1 aliphatic heterocycles. The van der Waals surface area contributed by atoms with Crippen molar-refractivity contribution in [2.75, 3.05) is 23.4 Å². The maximum atomic E-state index is 13.7. The Kier molecular flexibility index (Phi) is 8.83. The van der Waals surface area contributed by atoms with E-state index in [4.69, 9.17) is 20.6 Å². The van der Waals surface area contributed by atoms with Gasteiger partial charge in [-0.15, -0.1) is 0 Å². The Bertz CT molecular complexity index is 1350. The molecule has 9 heteroatoms. The summed E-state index contributed by atoms with van der Waals surface area (Å²) < 4.78 is 23.1. The van der Waals surface area contributed by atoms with Crippen molar-refractivity contribution >= 4 is 43.0 Å². The molecule has 194 valence electrons. The molecule has 1 aliphatic rings. The van der Waals surface area contributed by atoms with E-state index in [-0.39, 0.29) is 18.4 Å². The third-order valence-corrected chi connectivity index (χ3v) is 7.56. The minimum absolute atomic E-state index is 0.170. The molecule has 7 nitrogen and oxygen atoms in total. The summed E-state index contributed by atoms with van der Waals surface area (Å²) in [6.45, 7) is 6.25. The molecule has 0 aliphatic carbocycles. The van der Waals surface area contributed by atoms with Crippen LogP contribution in [0.2, 0.25) is 5.02 Å². The van der Waals surface area contributed by atoms with Crippen LogP contribution >= 0.6 is 19.9 Å². The van der Waals surface area contributed by atoms with Crippen LogP contribution in [0.4, 0.5) is 11.4 Å². The lowest BCUT2D eigenvalue weighted by Gasteiger charge is -2.25. The SMILES string of the molecule is CCO[PH](=O)OC1CCCN(C(=O)c2ccc(NC(=O)c3ccccc3C)cc2C)c2ccc(Cl)cc21. The largest absolute Gasteiger partial charge is 0.322 e. The second-order valence-electron chi connectivity index (χ2n) is 8.89. The van der Waals surface area contributed by atoms with Gasteiger partial charge in [0.15, 0.2) is 0 Å². The Labute approximate surface area is 222 Å². The number of benzene rings is 3. The zero-order valence-corrected chi connectivity index (χ0v) is 22.8. The maximum Gasteiger partial charge on any atom is 0.319 e. The summed E-state index contributed by atoms with van der Waals surface area (Å²) in [5, 5.41) is 3.42. The number of halogens is 1. The molecule has 0 saturated heterocycles. The van der Waals surface area contributed by atoms with E-state index in [9.17, 15) is 14.2 Å². The Balaban J connectivity index is 1.59. The molecule has 3 aromatic carbocycles. The van der Waals surface area contributed by atoms with Gasteiger partial charge in [0, 0.05) is 39.6 Å². The van der Waals surface area contributed by atoms with E-state index in [0.717, 1.165) is 11.1 Å². The number of hydrogen-bond acceptors (Lipinski definition) is 5. The van der Waals surface area contributed by atoms with Crippen LogP contribution in [0.3, 0.4) is 0 Å². The third kappa shape index (κ3) is 6.31. The average Bonchev–Trinajstić information content (AvgIpc) is 3.03. The van der Waals surface area contributed by atoms with Gasteiger partial charge in [0.2, 0.25) is 0 Å². The topological polar surface area (TPSA) is 84.9 Å². The van der Waals surface area contributed by atoms with Gasteiger partial charge in [-0.25, -0.2) is 0 Å². The number of fused-ring (bicyclic) bond motifs is 1. The second kappa shape index (κ2) is 12.1. The number of nitrogens with zero attached hydrogens (tertiary/aromatic N) is 1. The summed E-state index contributed by atoms with van der Waals surface area (Å²) in [5.41, 5.74) is 4.73. The lowest BCUT2D eigenvalue weighted by Crippen LogP contribution is -2.32. The first-order chi connectivity index (χ1) is 17.8. The molecule has 2 amide bonds. The highest BCUT2D eigenvalue weighted by molar-refractivity contribution is 7.33.